The number of urea groups is 1. The van der Waals surface area contributed by atoms with Gasteiger partial charge in [0.15, 0.2) is 0 Å². The van der Waals surface area contributed by atoms with Gasteiger partial charge in [-0.3, -0.25) is 4.79 Å². The van der Waals surface area contributed by atoms with E-state index in [-0.39, 0.29) is 5.91 Å². The summed E-state index contributed by atoms with van der Waals surface area (Å²) in [5.41, 5.74) is 3.60. The van der Waals surface area contributed by atoms with Crippen molar-refractivity contribution in [3.05, 3.63) is 90.0 Å². The van der Waals surface area contributed by atoms with Crippen LogP contribution in [0.5, 0.6) is 5.75 Å². The summed E-state index contributed by atoms with van der Waals surface area (Å²) in [6, 6.07) is 23.7. The first-order valence-corrected chi connectivity index (χ1v) is 10.9. The van der Waals surface area contributed by atoms with Gasteiger partial charge in [0.05, 0.1) is 12.3 Å². The van der Waals surface area contributed by atoms with Crippen LogP contribution in [0.3, 0.4) is 0 Å². The molecule has 3 aromatic rings. The number of amides is 3. The van der Waals surface area contributed by atoms with Crippen molar-refractivity contribution in [3.8, 4) is 5.75 Å². The summed E-state index contributed by atoms with van der Waals surface area (Å²) < 4.78 is 5.59. The molecule has 2 N–H and O–H groups in total. The summed E-state index contributed by atoms with van der Waals surface area (Å²) >= 11 is 0. The van der Waals surface area contributed by atoms with E-state index in [0.29, 0.717) is 31.0 Å². The molecule has 0 unspecified atom stereocenters. The molecular weight excluding hydrogens is 402 g/mol. The zero-order chi connectivity index (χ0) is 22.3. The van der Waals surface area contributed by atoms with E-state index in [0.717, 1.165) is 23.2 Å². The zero-order valence-corrected chi connectivity index (χ0v) is 18.1. The number of fused-ring (bicyclic) bond motifs is 1. The van der Waals surface area contributed by atoms with E-state index in [9.17, 15) is 9.59 Å². The number of nitrogens with one attached hydrogen (secondary N) is 2. The minimum Gasteiger partial charge on any atom is -0.492 e. The van der Waals surface area contributed by atoms with Crippen LogP contribution in [0.1, 0.15) is 18.1 Å². The quantitative estimate of drug-likeness (QED) is 0.585. The standard InChI is InChI=1S/C26H27N3O3/c1-2-32-24-15-9-7-13-21(24)27-26(31)28-22(18-19-10-4-3-5-11-19)25(30)29-17-16-20-12-6-8-14-23(20)29/h3-15,22H,2,16-18H2,1H3,(H2,27,28,31)/t22-/m0/s1. The van der Waals surface area contributed by atoms with Crippen LogP contribution in [-0.2, 0) is 17.6 Å². The second kappa shape index (κ2) is 10.0. The van der Waals surface area contributed by atoms with Gasteiger partial charge in [0.25, 0.3) is 0 Å². The maximum Gasteiger partial charge on any atom is 0.320 e. The molecule has 6 nitrogen and oxygen atoms in total. The van der Waals surface area contributed by atoms with E-state index in [1.807, 2.05) is 73.7 Å². The van der Waals surface area contributed by atoms with Crippen LogP contribution in [0, 0.1) is 0 Å². The van der Waals surface area contributed by atoms with Crippen molar-refractivity contribution in [2.45, 2.75) is 25.8 Å². The number of para-hydroxylation sites is 3. The lowest BCUT2D eigenvalue weighted by atomic mass is 10.0. The van der Waals surface area contributed by atoms with Gasteiger partial charge in [-0.15, -0.1) is 0 Å². The van der Waals surface area contributed by atoms with Crippen LogP contribution in [0.25, 0.3) is 0 Å². The Morgan fingerprint density at radius 2 is 1.69 bits per heavy atom. The van der Waals surface area contributed by atoms with Crippen molar-refractivity contribution in [2.75, 3.05) is 23.4 Å². The van der Waals surface area contributed by atoms with E-state index in [1.54, 1.807) is 17.0 Å². The molecule has 3 amide bonds. The van der Waals surface area contributed by atoms with Gasteiger partial charge in [0, 0.05) is 18.7 Å². The first-order chi connectivity index (χ1) is 15.7. The summed E-state index contributed by atoms with van der Waals surface area (Å²) in [4.78, 5) is 28.2. The largest absolute Gasteiger partial charge is 0.492 e. The van der Waals surface area contributed by atoms with E-state index in [4.69, 9.17) is 4.74 Å². The summed E-state index contributed by atoms with van der Waals surface area (Å²) in [5, 5.41) is 5.72. The third-order valence-corrected chi connectivity index (χ3v) is 5.47. The average Bonchev–Trinajstić information content (AvgIpc) is 3.24. The fraction of sp³-hybridized carbons (Fsp3) is 0.231. The lowest BCUT2D eigenvalue weighted by molar-refractivity contribution is -0.120. The Morgan fingerprint density at radius 1 is 0.969 bits per heavy atom. The van der Waals surface area contributed by atoms with Crippen LogP contribution in [0.4, 0.5) is 16.2 Å². The number of nitrogens with zero attached hydrogens (tertiary/aromatic N) is 1. The highest BCUT2D eigenvalue weighted by atomic mass is 16.5. The Hall–Kier alpha value is -3.80. The number of benzene rings is 3. The van der Waals surface area contributed by atoms with Gasteiger partial charge in [0.2, 0.25) is 5.91 Å². The lowest BCUT2D eigenvalue weighted by Gasteiger charge is -2.25. The second-order valence-electron chi connectivity index (χ2n) is 7.64. The SMILES string of the molecule is CCOc1ccccc1NC(=O)N[C@@H](Cc1ccccc1)C(=O)N1CCc2ccccc21. The third kappa shape index (κ3) is 4.91. The molecule has 1 atom stereocenters. The molecule has 0 saturated carbocycles. The number of carbonyl (C=O) groups is 2. The molecule has 4 rings (SSSR count). The Bertz CT molecular complexity index is 1080. The topological polar surface area (TPSA) is 70.7 Å². The second-order valence-corrected chi connectivity index (χ2v) is 7.64. The smallest absolute Gasteiger partial charge is 0.320 e. The summed E-state index contributed by atoms with van der Waals surface area (Å²) in [5.74, 6) is 0.469. The molecule has 1 aliphatic rings. The molecule has 0 aliphatic carbocycles. The molecule has 32 heavy (non-hydrogen) atoms. The first kappa shape index (κ1) is 21.4. The fourth-order valence-corrected chi connectivity index (χ4v) is 3.97. The molecule has 0 saturated heterocycles. The Balaban J connectivity index is 1.53. The minimum atomic E-state index is -0.706. The predicted molar refractivity (Wildman–Crippen MR) is 126 cm³/mol. The van der Waals surface area contributed by atoms with E-state index in [1.165, 1.54) is 0 Å². The molecule has 0 radical (unpaired) electrons. The van der Waals surface area contributed by atoms with E-state index < -0.39 is 12.1 Å². The summed E-state index contributed by atoms with van der Waals surface area (Å²) in [6.07, 6.45) is 1.22. The van der Waals surface area contributed by atoms with Crippen LogP contribution < -0.4 is 20.3 Å². The van der Waals surface area contributed by atoms with Gasteiger partial charge >= 0.3 is 6.03 Å². The molecule has 1 heterocycles. The summed E-state index contributed by atoms with van der Waals surface area (Å²) in [7, 11) is 0. The predicted octanol–water partition coefficient (Wildman–Crippen LogP) is 4.41. The van der Waals surface area contributed by atoms with Gasteiger partial charge in [-0.25, -0.2) is 4.79 Å². The Morgan fingerprint density at radius 3 is 2.50 bits per heavy atom. The molecular formula is C26H27N3O3. The number of carbonyl (C=O) groups excluding carboxylic acids is 2. The molecule has 1 aliphatic heterocycles. The first-order valence-electron chi connectivity index (χ1n) is 10.9. The van der Waals surface area contributed by atoms with Crippen molar-refractivity contribution in [2.24, 2.45) is 0 Å². The van der Waals surface area contributed by atoms with Gasteiger partial charge in [-0.05, 0) is 42.7 Å². The van der Waals surface area contributed by atoms with Crippen LogP contribution >= 0.6 is 0 Å². The maximum atomic E-state index is 13.5. The molecule has 3 aromatic carbocycles. The maximum absolute atomic E-state index is 13.5. The number of anilines is 2. The fourth-order valence-electron chi connectivity index (χ4n) is 3.97. The molecule has 0 bridgehead atoms. The number of hydrogen-bond acceptors (Lipinski definition) is 3. The van der Waals surface area contributed by atoms with Crippen molar-refractivity contribution in [1.82, 2.24) is 5.32 Å². The molecule has 0 spiro atoms. The Labute approximate surface area is 188 Å². The number of rotatable bonds is 7. The number of ether oxygens (including phenoxy) is 1. The third-order valence-electron chi connectivity index (χ3n) is 5.47. The zero-order valence-electron chi connectivity index (χ0n) is 18.1. The van der Waals surface area contributed by atoms with Crippen molar-refractivity contribution in [1.29, 1.82) is 0 Å². The van der Waals surface area contributed by atoms with E-state index in [2.05, 4.69) is 10.6 Å². The van der Waals surface area contributed by atoms with Crippen LogP contribution in [0.2, 0.25) is 0 Å². The highest BCUT2D eigenvalue weighted by Crippen LogP contribution is 2.28. The monoisotopic (exact) mass is 429 g/mol. The van der Waals surface area contributed by atoms with Gasteiger partial charge < -0.3 is 20.3 Å². The minimum absolute atomic E-state index is 0.118. The molecule has 6 heteroatoms. The van der Waals surface area contributed by atoms with Crippen molar-refractivity contribution >= 4 is 23.3 Å². The molecule has 0 aromatic heterocycles. The normalized spacial score (nSPS) is 13.2. The van der Waals surface area contributed by atoms with Crippen molar-refractivity contribution < 1.29 is 14.3 Å². The Kier molecular flexibility index (Phi) is 6.70. The average molecular weight is 430 g/mol. The van der Waals surface area contributed by atoms with Crippen molar-refractivity contribution in [3.63, 3.8) is 0 Å². The van der Waals surface area contributed by atoms with Gasteiger partial charge in [-0.2, -0.15) is 0 Å². The lowest BCUT2D eigenvalue weighted by Crippen LogP contribution is -2.50. The van der Waals surface area contributed by atoms with Crippen LogP contribution in [0.15, 0.2) is 78.9 Å². The number of hydrogen-bond donors (Lipinski definition) is 2. The summed E-state index contributed by atoms with van der Waals surface area (Å²) in [6.45, 7) is 2.99. The van der Waals surface area contributed by atoms with Gasteiger partial charge in [0.1, 0.15) is 11.8 Å². The highest BCUT2D eigenvalue weighted by Gasteiger charge is 2.31. The van der Waals surface area contributed by atoms with E-state index >= 15 is 0 Å². The van der Waals surface area contributed by atoms with Crippen LogP contribution in [-0.4, -0.2) is 31.1 Å². The van der Waals surface area contributed by atoms with Gasteiger partial charge in [-0.1, -0.05) is 60.7 Å². The highest BCUT2D eigenvalue weighted by molar-refractivity contribution is 6.02. The molecule has 0 fully saturated rings. The molecule has 164 valence electrons.